The third-order valence-electron chi connectivity index (χ3n) is 10.6. The number of alkyl halides is 1. The SMILES string of the molecule is C#Cc1c(F)ccc2cc(O)cc(-c3nc4c5c(nc(OCC6(CN7CCC(F)C7)CC6)nc5c3F)N3CC5CCC(N5)C3CO4)c12. The molecule has 6 heterocycles. The van der Waals surface area contributed by atoms with Gasteiger partial charge in [-0.25, -0.2) is 18.2 Å². The van der Waals surface area contributed by atoms with Crippen molar-refractivity contribution in [2.24, 2.45) is 5.41 Å². The molecule has 4 aromatic rings. The number of terminal acetylenes is 1. The summed E-state index contributed by atoms with van der Waals surface area (Å²) in [6.45, 7) is 3.16. The summed E-state index contributed by atoms with van der Waals surface area (Å²) in [5, 5.41) is 15.3. The lowest BCUT2D eigenvalue weighted by atomic mass is 9.95. The highest BCUT2D eigenvalue weighted by Gasteiger charge is 2.47. The standard InChI is InChI=1S/C35H33F3N6O3/c1-2-22-24(37)5-3-18-11-21(45)12-23(27(18)22)30-29(38)31-28-32(44-14-20-4-6-25(39-20)26(44)15-46-33(28)40-30)42-34(41-31)47-17-35(8-9-35)16-43-10-7-19(36)13-43/h1,3,5,11-12,19-20,25-26,39,45H,4,6-10,13-17H2. The fraction of sp³-hybridized carbons (Fsp3) is 0.457. The lowest BCUT2D eigenvalue weighted by Crippen LogP contribution is -2.60. The third kappa shape index (κ3) is 4.73. The number of ether oxygens (including phenoxy) is 2. The molecule has 2 bridgehead atoms. The molecule has 4 aliphatic heterocycles. The van der Waals surface area contributed by atoms with Gasteiger partial charge in [0.05, 0.1) is 18.2 Å². The fourth-order valence-electron chi connectivity index (χ4n) is 8.06. The van der Waals surface area contributed by atoms with Crippen molar-refractivity contribution < 1.29 is 27.8 Å². The van der Waals surface area contributed by atoms with Crippen LogP contribution in [0.15, 0.2) is 24.3 Å². The van der Waals surface area contributed by atoms with Crippen LogP contribution in [0.2, 0.25) is 0 Å². The number of piperazine rings is 1. The largest absolute Gasteiger partial charge is 0.508 e. The number of nitrogens with zero attached hydrogens (tertiary/aromatic N) is 5. The zero-order valence-electron chi connectivity index (χ0n) is 25.6. The summed E-state index contributed by atoms with van der Waals surface area (Å²) in [5.74, 6) is 1.44. The van der Waals surface area contributed by atoms with Crippen LogP contribution in [-0.4, -0.2) is 88.6 Å². The van der Waals surface area contributed by atoms with E-state index in [2.05, 4.69) is 31.0 Å². The van der Waals surface area contributed by atoms with Crippen LogP contribution in [0.25, 0.3) is 32.9 Å². The maximum absolute atomic E-state index is 17.0. The summed E-state index contributed by atoms with van der Waals surface area (Å²) in [7, 11) is 0. The molecule has 2 aromatic heterocycles. The first-order valence-electron chi connectivity index (χ1n) is 16.3. The summed E-state index contributed by atoms with van der Waals surface area (Å²) >= 11 is 0. The number of hydrogen-bond donors (Lipinski definition) is 2. The van der Waals surface area contributed by atoms with E-state index >= 15 is 4.39 Å². The minimum atomic E-state index is -0.797. The van der Waals surface area contributed by atoms with Gasteiger partial charge in [-0.15, -0.1) is 6.42 Å². The lowest BCUT2D eigenvalue weighted by molar-refractivity contribution is 0.165. The molecule has 9 rings (SSSR count). The molecule has 1 aliphatic carbocycles. The third-order valence-corrected chi connectivity index (χ3v) is 10.6. The van der Waals surface area contributed by atoms with Crippen LogP contribution in [0.1, 0.15) is 37.7 Å². The van der Waals surface area contributed by atoms with Gasteiger partial charge in [0.15, 0.2) is 5.82 Å². The van der Waals surface area contributed by atoms with Crippen molar-refractivity contribution in [1.29, 1.82) is 0 Å². The number of aromatic nitrogens is 3. The van der Waals surface area contributed by atoms with E-state index in [1.54, 1.807) is 0 Å². The van der Waals surface area contributed by atoms with Gasteiger partial charge < -0.3 is 24.8 Å². The van der Waals surface area contributed by atoms with Crippen LogP contribution in [0.5, 0.6) is 17.6 Å². The first-order chi connectivity index (χ1) is 22.8. The number of phenols is 1. The highest BCUT2D eigenvalue weighted by Crippen LogP contribution is 2.48. The smallest absolute Gasteiger partial charge is 0.319 e. The molecule has 12 heteroatoms. The Morgan fingerprint density at radius 3 is 2.77 bits per heavy atom. The number of phenolic OH excluding ortho intramolecular Hbond substituents is 1. The Kier molecular flexibility index (Phi) is 6.50. The number of fused-ring (bicyclic) bond motifs is 6. The summed E-state index contributed by atoms with van der Waals surface area (Å²) < 4.78 is 58.5. The molecule has 4 fully saturated rings. The van der Waals surface area contributed by atoms with Crippen LogP contribution in [0.4, 0.5) is 19.0 Å². The number of hydrogen-bond acceptors (Lipinski definition) is 9. The number of nitrogens with one attached hydrogen (secondary N) is 1. The second kappa shape index (κ2) is 10.6. The quantitative estimate of drug-likeness (QED) is 0.290. The monoisotopic (exact) mass is 642 g/mol. The van der Waals surface area contributed by atoms with E-state index in [0.717, 1.165) is 38.8 Å². The number of aromatic hydroxyl groups is 1. The molecule has 0 spiro atoms. The fourth-order valence-corrected chi connectivity index (χ4v) is 8.06. The van der Waals surface area contributed by atoms with Gasteiger partial charge in [0.2, 0.25) is 5.88 Å². The van der Waals surface area contributed by atoms with Crippen LogP contribution in [0, 0.1) is 29.4 Å². The molecule has 9 nitrogen and oxygen atoms in total. The van der Waals surface area contributed by atoms with Crippen molar-refractivity contribution in [1.82, 2.24) is 25.2 Å². The zero-order valence-corrected chi connectivity index (χ0v) is 25.6. The Morgan fingerprint density at radius 2 is 1.98 bits per heavy atom. The number of benzene rings is 2. The molecule has 0 radical (unpaired) electrons. The van der Waals surface area contributed by atoms with E-state index < -0.39 is 17.8 Å². The van der Waals surface area contributed by atoms with Gasteiger partial charge >= 0.3 is 6.01 Å². The molecule has 3 saturated heterocycles. The van der Waals surface area contributed by atoms with Crippen molar-refractivity contribution in [3.8, 4) is 41.2 Å². The number of halogens is 3. The predicted molar refractivity (Wildman–Crippen MR) is 169 cm³/mol. The Labute approximate surface area is 269 Å². The second-order valence-electron chi connectivity index (χ2n) is 13.8. The summed E-state index contributed by atoms with van der Waals surface area (Å²) in [4.78, 5) is 18.5. The average molecular weight is 643 g/mol. The Morgan fingerprint density at radius 1 is 1.11 bits per heavy atom. The maximum atomic E-state index is 17.0. The van der Waals surface area contributed by atoms with Crippen LogP contribution >= 0.6 is 0 Å². The van der Waals surface area contributed by atoms with Crippen molar-refractivity contribution in [2.75, 3.05) is 44.3 Å². The van der Waals surface area contributed by atoms with Crippen molar-refractivity contribution in [3.63, 3.8) is 0 Å². The first-order valence-corrected chi connectivity index (χ1v) is 16.3. The average Bonchev–Trinajstić information content (AvgIpc) is 3.59. The number of rotatable bonds is 6. The second-order valence-corrected chi connectivity index (χ2v) is 13.8. The first kappa shape index (κ1) is 28.8. The lowest BCUT2D eigenvalue weighted by Gasteiger charge is -2.40. The highest BCUT2D eigenvalue weighted by molar-refractivity contribution is 6.04. The molecule has 0 amide bonds. The molecule has 5 aliphatic rings. The van der Waals surface area contributed by atoms with Gasteiger partial charge in [-0.3, -0.25) is 4.90 Å². The van der Waals surface area contributed by atoms with E-state index in [-0.39, 0.29) is 75.5 Å². The van der Waals surface area contributed by atoms with Gasteiger partial charge in [0, 0.05) is 54.6 Å². The number of pyridine rings is 1. The molecular formula is C35H33F3N6O3. The summed E-state index contributed by atoms with van der Waals surface area (Å²) in [6, 6.07) is 5.84. The van der Waals surface area contributed by atoms with Gasteiger partial charge in [0.25, 0.3) is 0 Å². The zero-order chi connectivity index (χ0) is 32.0. The normalized spacial score (nSPS) is 25.8. The van der Waals surface area contributed by atoms with Crippen LogP contribution in [0.3, 0.4) is 0 Å². The number of anilines is 1. The minimum absolute atomic E-state index is 0.0354. The van der Waals surface area contributed by atoms with Gasteiger partial charge in [-0.1, -0.05) is 12.0 Å². The van der Waals surface area contributed by atoms with E-state index in [0.29, 0.717) is 42.7 Å². The molecule has 4 atom stereocenters. The van der Waals surface area contributed by atoms with E-state index in [1.165, 1.54) is 24.3 Å². The summed E-state index contributed by atoms with van der Waals surface area (Å²) in [6.07, 6.45) is 9.36. The number of likely N-dealkylation sites (tertiary alicyclic amines) is 1. The van der Waals surface area contributed by atoms with Crippen molar-refractivity contribution in [3.05, 3.63) is 41.5 Å². The van der Waals surface area contributed by atoms with Gasteiger partial charge in [0.1, 0.15) is 46.8 Å². The summed E-state index contributed by atoms with van der Waals surface area (Å²) in [5.41, 5.74) is -0.301. The Balaban J connectivity index is 1.19. The van der Waals surface area contributed by atoms with Crippen molar-refractivity contribution >= 4 is 27.5 Å². The van der Waals surface area contributed by atoms with Gasteiger partial charge in [-0.05, 0) is 55.7 Å². The van der Waals surface area contributed by atoms with E-state index in [1.807, 2.05) is 0 Å². The molecule has 2 N–H and O–H groups in total. The van der Waals surface area contributed by atoms with Crippen LogP contribution < -0.4 is 19.7 Å². The minimum Gasteiger partial charge on any atom is -0.508 e. The van der Waals surface area contributed by atoms with Crippen LogP contribution in [-0.2, 0) is 0 Å². The van der Waals surface area contributed by atoms with Crippen molar-refractivity contribution in [2.45, 2.75) is 56.4 Å². The molecular weight excluding hydrogens is 609 g/mol. The molecule has 2 aromatic carbocycles. The predicted octanol–water partition coefficient (Wildman–Crippen LogP) is 4.71. The molecule has 1 saturated carbocycles. The van der Waals surface area contributed by atoms with Gasteiger partial charge in [-0.2, -0.15) is 9.97 Å². The topological polar surface area (TPSA) is 95.9 Å². The molecule has 47 heavy (non-hydrogen) atoms. The Hall–Kier alpha value is -4.34. The van der Waals surface area contributed by atoms with E-state index in [4.69, 9.17) is 20.9 Å². The molecule has 4 unspecified atom stereocenters. The maximum Gasteiger partial charge on any atom is 0.319 e. The molecule has 242 valence electrons. The highest BCUT2D eigenvalue weighted by atomic mass is 19.1. The Bertz CT molecular complexity index is 2000. The van der Waals surface area contributed by atoms with E-state index in [9.17, 15) is 13.9 Å².